The number of carbonyl (C=O) groups excluding carboxylic acids is 2. The van der Waals surface area contributed by atoms with Gasteiger partial charge in [0.25, 0.3) is 0 Å². The minimum Gasteiger partial charge on any atom is -0.468 e. The molecule has 0 heterocycles. The minimum absolute atomic E-state index is 0.0448. The molecule has 0 fully saturated rings. The first-order chi connectivity index (χ1) is 9.83. The van der Waals surface area contributed by atoms with Crippen molar-refractivity contribution >= 4 is 29.2 Å². The van der Waals surface area contributed by atoms with Gasteiger partial charge in [-0.1, -0.05) is 17.7 Å². The SMILES string of the molecule is COC(=O)CN(CC(=O)Nc1ccc(C)cc1Cl)C(C)C. The maximum atomic E-state index is 12.1. The summed E-state index contributed by atoms with van der Waals surface area (Å²) in [5.74, 6) is -0.594. The number of rotatable bonds is 6. The number of aryl methyl sites for hydroxylation is 1. The molecule has 1 rings (SSSR count). The zero-order valence-corrected chi connectivity index (χ0v) is 13.5. The molecular weight excluding hydrogens is 292 g/mol. The van der Waals surface area contributed by atoms with Crippen LogP contribution in [0.25, 0.3) is 0 Å². The maximum absolute atomic E-state index is 12.1. The highest BCUT2D eigenvalue weighted by Gasteiger charge is 2.18. The fraction of sp³-hybridized carbons (Fsp3) is 0.467. The molecule has 6 heteroatoms. The van der Waals surface area contributed by atoms with E-state index >= 15 is 0 Å². The summed E-state index contributed by atoms with van der Waals surface area (Å²) in [4.78, 5) is 25.1. The van der Waals surface area contributed by atoms with E-state index in [1.165, 1.54) is 7.11 Å². The quantitative estimate of drug-likeness (QED) is 0.820. The van der Waals surface area contributed by atoms with Gasteiger partial charge in [-0.25, -0.2) is 0 Å². The summed E-state index contributed by atoms with van der Waals surface area (Å²) >= 11 is 6.08. The summed E-state index contributed by atoms with van der Waals surface area (Å²) in [5.41, 5.74) is 1.58. The lowest BCUT2D eigenvalue weighted by Crippen LogP contribution is -2.41. The predicted octanol–water partition coefficient (Wildman–Crippen LogP) is 2.47. The number of carbonyl (C=O) groups is 2. The molecule has 21 heavy (non-hydrogen) atoms. The van der Waals surface area contributed by atoms with Crippen molar-refractivity contribution in [3.63, 3.8) is 0 Å². The molecular formula is C15H21ClN2O3. The minimum atomic E-state index is -0.370. The maximum Gasteiger partial charge on any atom is 0.319 e. The van der Waals surface area contributed by atoms with Crippen molar-refractivity contribution in [3.05, 3.63) is 28.8 Å². The number of nitrogens with zero attached hydrogens (tertiary/aromatic N) is 1. The number of hydrogen-bond acceptors (Lipinski definition) is 4. The fourth-order valence-electron chi connectivity index (χ4n) is 1.75. The van der Waals surface area contributed by atoms with Crippen LogP contribution in [0.4, 0.5) is 5.69 Å². The monoisotopic (exact) mass is 312 g/mol. The third-order valence-electron chi connectivity index (χ3n) is 3.04. The van der Waals surface area contributed by atoms with Gasteiger partial charge in [0.1, 0.15) is 0 Å². The number of hydrogen-bond donors (Lipinski definition) is 1. The molecule has 0 unspecified atom stereocenters. The summed E-state index contributed by atoms with van der Waals surface area (Å²) < 4.78 is 4.63. The van der Waals surface area contributed by atoms with Crippen LogP contribution in [0, 0.1) is 6.92 Å². The van der Waals surface area contributed by atoms with Crippen molar-refractivity contribution in [3.8, 4) is 0 Å². The number of ether oxygens (including phenoxy) is 1. The summed E-state index contributed by atoms with van der Waals surface area (Å²) in [6.45, 7) is 5.92. The molecule has 0 saturated carbocycles. The van der Waals surface area contributed by atoms with Crippen LogP contribution in [0.5, 0.6) is 0 Å². The highest BCUT2D eigenvalue weighted by molar-refractivity contribution is 6.33. The second-order valence-corrected chi connectivity index (χ2v) is 5.51. The molecule has 0 radical (unpaired) electrons. The molecule has 1 N–H and O–H groups in total. The van der Waals surface area contributed by atoms with E-state index in [1.807, 2.05) is 26.8 Å². The van der Waals surface area contributed by atoms with Gasteiger partial charge in [-0.2, -0.15) is 0 Å². The van der Waals surface area contributed by atoms with Crippen LogP contribution in [0.15, 0.2) is 18.2 Å². The second-order valence-electron chi connectivity index (χ2n) is 5.11. The Hall–Kier alpha value is -1.59. The van der Waals surface area contributed by atoms with Gasteiger partial charge in [0.05, 0.1) is 30.9 Å². The standard InChI is InChI=1S/C15H21ClN2O3/c1-10(2)18(9-15(20)21-4)8-14(19)17-13-6-5-11(3)7-12(13)16/h5-7,10H,8-9H2,1-4H3,(H,17,19). The number of methoxy groups -OCH3 is 1. The number of esters is 1. The summed E-state index contributed by atoms with van der Waals surface area (Å²) in [5, 5.41) is 3.24. The highest BCUT2D eigenvalue weighted by atomic mass is 35.5. The van der Waals surface area contributed by atoms with Crippen molar-refractivity contribution in [1.29, 1.82) is 0 Å². The van der Waals surface area contributed by atoms with Crippen LogP contribution in [-0.2, 0) is 14.3 Å². The molecule has 0 aliphatic heterocycles. The molecule has 0 spiro atoms. The lowest BCUT2D eigenvalue weighted by Gasteiger charge is -2.24. The van der Waals surface area contributed by atoms with E-state index in [2.05, 4.69) is 10.1 Å². The van der Waals surface area contributed by atoms with Crippen LogP contribution in [0.3, 0.4) is 0 Å². The van der Waals surface area contributed by atoms with Gasteiger partial charge in [0.2, 0.25) is 5.91 Å². The van der Waals surface area contributed by atoms with Crippen molar-refractivity contribution in [1.82, 2.24) is 4.90 Å². The molecule has 1 amide bonds. The van der Waals surface area contributed by atoms with Gasteiger partial charge in [-0.15, -0.1) is 0 Å². The molecule has 0 aromatic heterocycles. The second kappa shape index (κ2) is 8.00. The van der Waals surface area contributed by atoms with Gasteiger partial charge in [0, 0.05) is 6.04 Å². The molecule has 0 bridgehead atoms. The van der Waals surface area contributed by atoms with Crippen molar-refractivity contribution in [2.75, 3.05) is 25.5 Å². The molecule has 0 atom stereocenters. The largest absolute Gasteiger partial charge is 0.468 e. The van der Waals surface area contributed by atoms with Gasteiger partial charge in [-0.3, -0.25) is 14.5 Å². The van der Waals surface area contributed by atoms with Gasteiger partial charge in [0.15, 0.2) is 0 Å². The van der Waals surface area contributed by atoms with Gasteiger partial charge < -0.3 is 10.1 Å². The van der Waals surface area contributed by atoms with E-state index in [0.717, 1.165) is 5.56 Å². The average Bonchev–Trinajstić information content (AvgIpc) is 2.40. The average molecular weight is 313 g/mol. The van der Waals surface area contributed by atoms with E-state index in [-0.39, 0.29) is 31.0 Å². The zero-order valence-electron chi connectivity index (χ0n) is 12.8. The number of anilines is 1. The first-order valence-corrected chi connectivity index (χ1v) is 7.08. The van der Waals surface area contributed by atoms with Crippen LogP contribution in [0.2, 0.25) is 5.02 Å². The Morgan fingerprint density at radius 1 is 1.33 bits per heavy atom. The summed E-state index contributed by atoms with van der Waals surface area (Å²) in [6, 6.07) is 5.46. The smallest absolute Gasteiger partial charge is 0.319 e. The molecule has 116 valence electrons. The Bertz CT molecular complexity index is 518. The Morgan fingerprint density at radius 2 is 2.00 bits per heavy atom. The number of amides is 1. The number of benzene rings is 1. The Morgan fingerprint density at radius 3 is 2.52 bits per heavy atom. The first-order valence-electron chi connectivity index (χ1n) is 6.70. The lowest BCUT2D eigenvalue weighted by atomic mass is 10.2. The molecule has 1 aromatic carbocycles. The normalized spacial score (nSPS) is 10.8. The third kappa shape index (κ3) is 5.73. The van der Waals surface area contributed by atoms with E-state index in [4.69, 9.17) is 11.6 Å². The molecule has 5 nitrogen and oxygen atoms in total. The fourth-order valence-corrected chi connectivity index (χ4v) is 2.03. The Kier molecular flexibility index (Phi) is 6.65. The van der Waals surface area contributed by atoms with Crippen molar-refractivity contribution in [2.45, 2.75) is 26.8 Å². The van der Waals surface area contributed by atoms with Crippen LogP contribution >= 0.6 is 11.6 Å². The molecule has 0 saturated heterocycles. The number of nitrogens with one attached hydrogen (secondary N) is 1. The third-order valence-corrected chi connectivity index (χ3v) is 3.35. The van der Waals surface area contributed by atoms with Gasteiger partial charge >= 0.3 is 5.97 Å². The zero-order chi connectivity index (χ0) is 16.0. The Balaban J connectivity index is 2.67. The lowest BCUT2D eigenvalue weighted by molar-refractivity contribution is -0.142. The van der Waals surface area contributed by atoms with Crippen LogP contribution in [-0.4, -0.2) is 43.0 Å². The first kappa shape index (κ1) is 17.5. The van der Waals surface area contributed by atoms with E-state index in [9.17, 15) is 9.59 Å². The van der Waals surface area contributed by atoms with E-state index < -0.39 is 0 Å². The summed E-state index contributed by atoms with van der Waals surface area (Å²) in [6.07, 6.45) is 0. The molecule has 1 aromatic rings. The Labute approximate surface area is 130 Å². The number of halogens is 1. The predicted molar refractivity (Wildman–Crippen MR) is 83.5 cm³/mol. The van der Waals surface area contributed by atoms with Crippen molar-refractivity contribution < 1.29 is 14.3 Å². The van der Waals surface area contributed by atoms with E-state index in [1.54, 1.807) is 17.0 Å². The molecule has 0 aliphatic rings. The van der Waals surface area contributed by atoms with Crippen molar-refractivity contribution in [2.24, 2.45) is 0 Å². The topological polar surface area (TPSA) is 58.6 Å². The summed E-state index contributed by atoms with van der Waals surface area (Å²) in [7, 11) is 1.33. The van der Waals surface area contributed by atoms with Gasteiger partial charge in [-0.05, 0) is 38.5 Å². The van der Waals surface area contributed by atoms with Crippen LogP contribution < -0.4 is 5.32 Å². The van der Waals surface area contributed by atoms with E-state index in [0.29, 0.717) is 10.7 Å². The highest BCUT2D eigenvalue weighted by Crippen LogP contribution is 2.22. The van der Waals surface area contributed by atoms with Crippen LogP contribution in [0.1, 0.15) is 19.4 Å². The molecule has 0 aliphatic carbocycles.